The molecule has 0 unspecified atom stereocenters. The van der Waals surface area contributed by atoms with Crippen molar-refractivity contribution in [2.24, 2.45) is 0 Å². The van der Waals surface area contributed by atoms with Crippen molar-refractivity contribution in [2.45, 2.75) is 0 Å². The molecule has 5 nitrogen and oxygen atoms in total. The van der Waals surface area contributed by atoms with Gasteiger partial charge >= 0.3 is 0 Å². The van der Waals surface area contributed by atoms with Crippen LogP contribution in [0.2, 0.25) is 5.02 Å². The zero-order chi connectivity index (χ0) is 16.5. The molecule has 24 heavy (non-hydrogen) atoms. The highest BCUT2D eigenvalue weighted by Gasteiger charge is 2.13. The number of hydrogen-bond acceptors (Lipinski definition) is 4. The first kappa shape index (κ1) is 14.6. The highest BCUT2D eigenvalue weighted by molar-refractivity contribution is 6.30. The van der Waals surface area contributed by atoms with Crippen LogP contribution in [-0.4, -0.2) is 19.7 Å². The van der Waals surface area contributed by atoms with Crippen molar-refractivity contribution in [3.63, 3.8) is 0 Å². The molecular formula is C17H10ClFN4O. The third kappa shape index (κ3) is 2.68. The van der Waals surface area contributed by atoms with Crippen molar-refractivity contribution in [1.82, 2.24) is 19.7 Å². The Labute approximate surface area is 141 Å². The number of nitrogens with zero attached hydrogens (tertiary/aromatic N) is 4. The van der Waals surface area contributed by atoms with Crippen molar-refractivity contribution >= 4 is 22.6 Å². The van der Waals surface area contributed by atoms with Crippen molar-refractivity contribution in [3.8, 4) is 17.3 Å². The molecule has 0 saturated carbocycles. The average molecular weight is 341 g/mol. The summed E-state index contributed by atoms with van der Waals surface area (Å²) in [4.78, 5) is 8.42. The number of ether oxygens (including phenoxy) is 1. The molecule has 0 saturated heterocycles. The largest absolute Gasteiger partial charge is 0.438 e. The number of halogens is 2. The van der Waals surface area contributed by atoms with Gasteiger partial charge in [-0.3, -0.25) is 0 Å². The molecule has 0 aliphatic carbocycles. The molecule has 2 heterocycles. The van der Waals surface area contributed by atoms with E-state index in [4.69, 9.17) is 16.3 Å². The van der Waals surface area contributed by atoms with E-state index in [9.17, 15) is 4.39 Å². The number of aromatic nitrogens is 4. The maximum Gasteiger partial charge on any atom is 0.233 e. The summed E-state index contributed by atoms with van der Waals surface area (Å²) in [7, 11) is 0. The number of fused-ring (bicyclic) bond motifs is 1. The monoisotopic (exact) mass is 340 g/mol. The van der Waals surface area contributed by atoms with Crippen LogP contribution >= 0.6 is 11.6 Å². The molecule has 0 fully saturated rings. The number of hydrogen-bond donors (Lipinski definition) is 0. The molecule has 0 bridgehead atoms. The second-order valence-electron chi connectivity index (χ2n) is 5.00. The first-order valence-corrected chi connectivity index (χ1v) is 7.46. The van der Waals surface area contributed by atoms with Gasteiger partial charge in [0.25, 0.3) is 0 Å². The quantitative estimate of drug-likeness (QED) is 0.554. The smallest absolute Gasteiger partial charge is 0.233 e. The lowest BCUT2D eigenvalue weighted by Crippen LogP contribution is -1.98. The summed E-state index contributed by atoms with van der Waals surface area (Å²) in [5.41, 5.74) is 1.27. The minimum atomic E-state index is -0.309. The predicted molar refractivity (Wildman–Crippen MR) is 88.1 cm³/mol. The van der Waals surface area contributed by atoms with Gasteiger partial charge in [-0.2, -0.15) is 5.10 Å². The highest BCUT2D eigenvalue weighted by Crippen LogP contribution is 2.28. The molecule has 0 N–H and O–H groups in total. The Balaban J connectivity index is 1.76. The average Bonchev–Trinajstić information content (AvgIpc) is 3.03. The standard InChI is InChI=1S/C17H10ClFN4O/c18-11-1-7-14(8-2-11)24-17-15-9-22-23(16(15)20-10-21-17)13-5-3-12(19)4-6-13/h1-10H. The molecule has 0 aliphatic rings. The Kier molecular flexibility index (Phi) is 3.59. The van der Waals surface area contributed by atoms with Crippen LogP contribution in [-0.2, 0) is 0 Å². The lowest BCUT2D eigenvalue weighted by Gasteiger charge is -2.06. The van der Waals surface area contributed by atoms with Gasteiger partial charge in [0.05, 0.1) is 11.9 Å². The van der Waals surface area contributed by atoms with E-state index in [1.165, 1.54) is 18.5 Å². The summed E-state index contributed by atoms with van der Waals surface area (Å²) in [6, 6.07) is 13.0. The molecule has 7 heteroatoms. The Bertz CT molecular complexity index is 999. The minimum Gasteiger partial charge on any atom is -0.438 e. The van der Waals surface area contributed by atoms with Gasteiger partial charge in [0, 0.05) is 5.02 Å². The first-order chi connectivity index (χ1) is 11.7. The Morgan fingerprint density at radius 2 is 1.71 bits per heavy atom. The van der Waals surface area contributed by atoms with Gasteiger partial charge < -0.3 is 4.74 Å². The van der Waals surface area contributed by atoms with E-state index in [2.05, 4.69) is 15.1 Å². The molecule has 0 radical (unpaired) electrons. The summed E-state index contributed by atoms with van der Waals surface area (Å²) >= 11 is 5.87. The van der Waals surface area contributed by atoms with E-state index in [-0.39, 0.29) is 5.82 Å². The third-order valence-electron chi connectivity index (χ3n) is 3.43. The van der Waals surface area contributed by atoms with Gasteiger partial charge in [0.15, 0.2) is 5.65 Å². The molecule has 4 rings (SSSR count). The van der Waals surface area contributed by atoms with Gasteiger partial charge in [-0.1, -0.05) is 11.6 Å². The first-order valence-electron chi connectivity index (χ1n) is 7.09. The van der Waals surface area contributed by atoms with Gasteiger partial charge in [-0.25, -0.2) is 19.0 Å². The van der Waals surface area contributed by atoms with Gasteiger partial charge in [0.2, 0.25) is 5.88 Å². The summed E-state index contributed by atoms with van der Waals surface area (Å²) in [6.45, 7) is 0. The Morgan fingerprint density at radius 1 is 0.958 bits per heavy atom. The summed E-state index contributed by atoms with van der Waals surface area (Å²) < 4.78 is 20.5. The van der Waals surface area contributed by atoms with Gasteiger partial charge in [-0.15, -0.1) is 0 Å². The molecule has 0 aliphatic heterocycles. The van der Waals surface area contributed by atoms with Crippen LogP contribution in [0.4, 0.5) is 4.39 Å². The molecule has 118 valence electrons. The molecule has 0 spiro atoms. The van der Waals surface area contributed by atoms with Crippen LogP contribution < -0.4 is 4.74 Å². The van der Waals surface area contributed by atoms with E-state index in [0.717, 1.165) is 0 Å². The van der Waals surface area contributed by atoms with E-state index in [1.807, 2.05) is 0 Å². The van der Waals surface area contributed by atoms with E-state index < -0.39 is 0 Å². The maximum atomic E-state index is 13.1. The summed E-state index contributed by atoms with van der Waals surface area (Å²) in [6.07, 6.45) is 3.01. The van der Waals surface area contributed by atoms with Crippen LogP contribution in [0.1, 0.15) is 0 Å². The second kappa shape index (κ2) is 5.90. The number of rotatable bonds is 3. The SMILES string of the molecule is Fc1ccc(-n2ncc3c(Oc4ccc(Cl)cc4)ncnc32)cc1. The van der Waals surface area contributed by atoms with E-state index in [0.29, 0.717) is 33.4 Å². The van der Waals surface area contributed by atoms with Crippen LogP contribution in [0, 0.1) is 5.82 Å². The lowest BCUT2D eigenvalue weighted by atomic mass is 10.3. The molecule has 0 amide bonds. The predicted octanol–water partition coefficient (Wildman–Crippen LogP) is 4.40. The number of benzene rings is 2. The van der Waals surface area contributed by atoms with Crippen LogP contribution in [0.25, 0.3) is 16.7 Å². The fraction of sp³-hybridized carbons (Fsp3) is 0. The van der Waals surface area contributed by atoms with E-state index >= 15 is 0 Å². The molecule has 4 aromatic rings. The van der Waals surface area contributed by atoms with Crippen LogP contribution in [0.15, 0.2) is 61.1 Å². The van der Waals surface area contributed by atoms with Crippen LogP contribution in [0.5, 0.6) is 11.6 Å². The summed E-state index contributed by atoms with van der Waals surface area (Å²) in [5, 5.41) is 5.58. The Hall–Kier alpha value is -2.99. The third-order valence-corrected chi connectivity index (χ3v) is 3.68. The normalized spacial score (nSPS) is 10.9. The molecule has 0 atom stereocenters. The Morgan fingerprint density at radius 3 is 2.46 bits per heavy atom. The highest BCUT2D eigenvalue weighted by atomic mass is 35.5. The zero-order valence-corrected chi connectivity index (χ0v) is 13.0. The lowest BCUT2D eigenvalue weighted by molar-refractivity contribution is 0.468. The van der Waals surface area contributed by atoms with Gasteiger partial charge in [-0.05, 0) is 48.5 Å². The van der Waals surface area contributed by atoms with Crippen molar-refractivity contribution in [2.75, 3.05) is 0 Å². The summed E-state index contributed by atoms with van der Waals surface area (Å²) in [5.74, 6) is 0.682. The fourth-order valence-corrected chi connectivity index (χ4v) is 2.42. The van der Waals surface area contributed by atoms with Crippen LogP contribution in [0.3, 0.4) is 0 Å². The van der Waals surface area contributed by atoms with Gasteiger partial charge in [0.1, 0.15) is 23.3 Å². The molecular weight excluding hydrogens is 331 g/mol. The van der Waals surface area contributed by atoms with Crippen molar-refractivity contribution in [1.29, 1.82) is 0 Å². The van der Waals surface area contributed by atoms with E-state index in [1.54, 1.807) is 47.3 Å². The molecule has 2 aromatic carbocycles. The topological polar surface area (TPSA) is 52.8 Å². The fourth-order valence-electron chi connectivity index (χ4n) is 2.29. The van der Waals surface area contributed by atoms with Crippen molar-refractivity contribution < 1.29 is 9.13 Å². The maximum absolute atomic E-state index is 13.1. The van der Waals surface area contributed by atoms with Crippen molar-refractivity contribution in [3.05, 3.63) is 71.9 Å². The molecule has 2 aromatic heterocycles. The minimum absolute atomic E-state index is 0.309. The second-order valence-corrected chi connectivity index (χ2v) is 5.44. The zero-order valence-electron chi connectivity index (χ0n) is 12.2.